The van der Waals surface area contributed by atoms with Gasteiger partial charge >= 0.3 is 5.97 Å². The number of rotatable bonds is 4. The zero-order valence-corrected chi connectivity index (χ0v) is 16.6. The normalized spacial score (nSPS) is 16.0. The first-order valence-corrected chi connectivity index (χ1v) is 10.4. The molecule has 0 bridgehead atoms. The standard InChI is InChI=1S/C18H17ClN2O6S/c1-26-18(23)16-10-21(14-5-3-4-6-15(14)27-16)17(22)11-7-8-12(19)13(9-11)20-28(2,24)25/h3-9,16,20H,10H2,1-2H3. The minimum atomic E-state index is -3.58. The van der Waals surface area contributed by atoms with Crippen molar-refractivity contribution >= 4 is 44.9 Å². The van der Waals surface area contributed by atoms with E-state index in [9.17, 15) is 18.0 Å². The molecule has 0 fully saturated rings. The van der Waals surface area contributed by atoms with Crippen LogP contribution in [-0.2, 0) is 19.6 Å². The number of hydrogen-bond acceptors (Lipinski definition) is 6. The van der Waals surface area contributed by atoms with Gasteiger partial charge in [-0.2, -0.15) is 0 Å². The number of fused-ring (bicyclic) bond motifs is 1. The summed E-state index contributed by atoms with van der Waals surface area (Å²) < 4.78 is 35.7. The number of benzene rings is 2. The molecule has 1 N–H and O–H groups in total. The minimum absolute atomic E-state index is 0.0556. The summed E-state index contributed by atoms with van der Waals surface area (Å²) in [6.07, 6.45) is 0.00144. The molecular formula is C18H17ClN2O6S. The van der Waals surface area contributed by atoms with Gasteiger partial charge in [-0.25, -0.2) is 13.2 Å². The van der Waals surface area contributed by atoms with Crippen LogP contribution >= 0.6 is 11.6 Å². The molecule has 1 unspecified atom stereocenters. The van der Waals surface area contributed by atoms with Crippen LogP contribution in [0.15, 0.2) is 42.5 Å². The van der Waals surface area contributed by atoms with Gasteiger partial charge < -0.3 is 14.4 Å². The van der Waals surface area contributed by atoms with Crippen LogP contribution in [0, 0.1) is 0 Å². The van der Waals surface area contributed by atoms with Crippen molar-refractivity contribution < 1.29 is 27.5 Å². The number of nitrogens with one attached hydrogen (secondary N) is 1. The van der Waals surface area contributed by atoms with Crippen LogP contribution in [-0.4, -0.2) is 46.3 Å². The molecule has 148 valence electrons. The Balaban J connectivity index is 1.99. The molecule has 28 heavy (non-hydrogen) atoms. The summed E-state index contributed by atoms with van der Waals surface area (Å²) in [7, 11) is -2.34. The van der Waals surface area contributed by atoms with Gasteiger partial charge in [-0.05, 0) is 30.3 Å². The number of carbonyl (C=O) groups is 2. The van der Waals surface area contributed by atoms with Gasteiger partial charge in [0.2, 0.25) is 16.1 Å². The monoisotopic (exact) mass is 424 g/mol. The highest BCUT2D eigenvalue weighted by atomic mass is 35.5. The zero-order valence-electron chi connectivity index (χ0n) is 15.0. The molecule has 0 radical (unpaired) electrons. The lowest BCUT2D eigenvalue weighted by Gasteiger charge is -2.33. The molecule has 3 rings (SSSR count). The fourth-order valence-electron chi connectivity index (χ4n) is 2.77. The molecule has 1 aliphatic rings. The van der Waals surface area contributed by atoms with Crippen LogP contribution in [0.5, 0.6) is 5.75 Å². The van der Waals surface area contributed by atoms with E-state index in [0.29, 0.717) is 11.4 Å². The Labute approximate surface area is 167 Å². The van der Waals surface area contributed by atoms with Crippen LogP contribution in [0.25, 0.3) is 0 Å². The maximum atomic E-state index is 13.1. The third-order valence-corrected chi connectivity index (χ3v) is 4.91. The fraction of sp³-hybridized carbons (Fsp3) is 0.222. The third-order valence-electron chi connectivity index (χ3n) is 3.99. The maximum Gasteiger partial charge on any atom is 0.348 e. The highest BCUT2D eigenvalue weighted by Crippen LogP contribution is 2.35. The molecule has 2 aromatic rings. The molecule has 0 spiro atoms. The predicted octanol–water partition coefficient (Wildman–Crippen LogP) is 2.29. The van der Waals surface area contributed by atoms with Crippen LogP contribution in [0.2, 0.25) is 5.02 Å². The molecule has 0 saturated heterocycles. The lowest BCUT2D eigenvalue weighted by molar-refractivity contribution is -0.148. The number of ether oxygens (including phenoxy) is 2. The summed E-state index contributed by atoms with van der Waals surface area (Å²) in [5, 5.41) is 0.150. The molecule has 1 aliphatic heterocycles. The van der Waals surface area contributed by atoms with Gasteiger partial charge in [-0.15, -0.1) is 0 Å². The highest BCUT2D eigenvalue weighted by molar-refractivity contribution is 7.92. The van der Waals surface area contributed by atoms with E-state index in [2.05, 4.69) is 4.72 Å². The predicted molar refractivity (Wildman–Crippen MR) is 104 cm³/mol. The second kappa shape index (κ2) is 7.69. The number of para-hydroxylation sites is 2. The quantitative estimate of drug-likeness (QED) is 0.755. The molecule has 0 aromatic heterocycles. The van der Waals surface area contributed by atoms with E-state index in [1.54, 1.807) is 24.3 Å². The fourth-order valence-corrected chi connectivity index (χ4v) is 3.56. The van der Waals surface area contributed by atoms with Crippen molar-refractivity contribution in [3.63, 3.8) is 0 Å². The van der Waals surface area contributed by atoms with Crippen LogP contribution < -0.4 is 14.4 Å². The van der Waals surface area contributed by atoms with Crippen LogP contribution in [0.4, 0.5) is 11.4 Å². The molecule has 1 amide bonds. The van der Waals surface area contributed by atoms with Gasteiger partial charge in [0.05, 0.1) is 36.3 Å². The van der Waals surface area contributed by atoms with Crippen molar-refractivity contribution in [3.8, 4) is 5.75 Å². The van der Waals surface area contributed by atoms with E-state index in [0.717, 1.165) is 6.26 Å². The van der Waals surface area contributed by atoms with E-state index >= 15 is 0 Å². The molecule has 1 heterocycles. The average Bonchev–Trinajstić information content (AvgIpc) is 2.66. The Morgan fingerprint density at radius 2 is 1.96 bits per heavy atom. The molecular weight excluding hydrogens is 408 g/mol. The SMILES string of the molecule is COC(=O)C1CN(C(=O)c2ccc(Cl)c(NS(C)(=O)=O)c2)c2ccccc2O1. The van der Waals surface area contributed by atoms with Crippen molar-refractivity contribution in [2.45, 2.75) is 6.10 Å². The number of halogens is 1. The van der Waals surface area contributed by atoms with Crippen molar-refractivity contribution in [2.75, 3.05) is 29.5 Å². The van der Waals surface area contributed by atoms with Gasteiger partial charge in [0.25, 0.3) is 5.91 Å². The summed E-state index contributed by atoms with van der Waals surface area (Å²) in [6.45, 7) is -0.0556. The van der Waals surface area contributed by atoms with E-state index < -0.39 is 28.0 Å². The Morgan fingerprint density at radius 1 is 1.25 bits per heavy atom. The van der Waals surface area contributed by atoms with Gasteiger partial charge in [0, 0.05) is 5.56 Å². The first-order valence-electron chi connectivity index (χ1n) is 8.12. The first kappa shape index (κ1) is 20.0. The van der Waals surface area contributed by atoms with E-state index in [1.165, 1.54) is 30.2 Å². The Kier molecular flexibility index (Phi) is 5.48. The molecule has 10 heteroatoms. The summed E-state index contributed by atoms with van der Waals surface area (Å²) in [5.41, 5.74) is 0.761. The van der Waals surface area contributed by atoms with E-state index in [-0.39, 0.29) is 22.8 Å². The second-order valence-electron chi connectivity index (χ2n) is 6.08. The van der Waals surface area contributed by atoms with Gasteiger partial charge in [0.1, 0.15) is 5.75 Å². The number of hydrogen-bond donors (Lipinski definition) is 1. The molecule has 0 aliphatic carbocycles. The molecule has 2 aromatic carbocycles. The largest absolute Gasteiger partial charge is 0.475 e. The third kappa shape index (κ3) is 4.20. The smallest absolute Gasteiger partial charge is 0.348 e. The maximum absolute atomic E-state index is 13.1. The lowest BCUT2D eigenvalue weighted by atomic mass is 10.1. The first-order chi connectivity index (χ1) is 13.2. The minimum Gasteiger partial charge on any atom is -0.475 e. The van der Waals surface area contributed by atoms with Gasteiger partial charge in [0.15, 0.2) is 0 Å². The number of esters is 1. The number of anilines is 2. The number of methoxy groups -OCH3 is 1. The lowest BCUT2D eigenvalue weighted by Crippen LogP contribution is -2.47. The van der Waals surface area contributed by atoms with E-state index in [1.807, 2.05) is 0 Å². The summed E-state index contributed by atoms with van der Waals surface area (Å²) in [4.78, 5) is 26.5. The molecule has 8 nitrogen and oxygen atoms in total. The molecule has 0 saturated carbocycles. The number of nitrogens with zero attached hydrogens (tertiary/aromatic N) is 1. The topological polar surface area (TPSA) is 102 Å². The van der Waals surface area contributed by atoms with Crippen molar-refractivity contribution in [3.05, 3.63) is 53.1 Å². The zero-order chi connectivity index (χ0) is 20.5. The highest BCUT2D eigenvalue weighted by Gasteiger charge is 2.35. The van der Waals surface area contributed by atoms with Crippen LogP contribution in [0.1, 0.15) is 10.4 Å². The summed E-state index contributed by atoms with van der Waals surface area (Å²) >= 11 is 6.02. The average molecular weight is 425 g/mol. The van der Waals surface area contributed by atoms with Gasteiger partial charge in [-0.1, -0.05) is 23.7 Å². The Bertz CT molecular complexity index is 1040. The Morgan fingerprint density at radius 3 is 2.64 bits per heavy atom. The number of amides is 1. The molecule has 1 atom stereocenters. The van der Waals surface area contributed by atoms with Crippen molar-refractivity contribution in [1.82, 2.24) is 0 Å². The second-order valence-corrected chi connectivity index (χ2v) is 8.24. The van der Waals surface area contributed by atoms with Gasteiger partial charge in [-0.3, -0.25) is 9.52 Å². The van der Waals surface area contributed by atoms with Crippen LogP contribution in [0.3, 0.4) is 0 Å². The Hall–Kier alpha value is -2.78. The number of sulfonamides is 1. The van der Waals surface area contributed by atoms with Crippen molar-refractivity contribution in [2.24, 2.45) is 0 Å². The van der Waals surface area contributed by atoms with E-state index in [4.69, 9.17) is 21.1 Å². The number of carbonyl (C=O) groups excluding carboxylic acids is 2. The summed E-state index contributed by atoms with van der Waals surface area (Å²) in [5.74, 6) is -0.693. The summed E-state index contributed by atoms with van der Waals surface area (Å²) in [6, 6.07) is 11.0. The van der Waals surface area contributed by atoms with Crippen molar-refractivity contribution in [1.29, 1.82) is 0 Å².